The zero-order valence-corrected chi connectivity index (χ0v) is 42.9. The van der Waals surface area contributed by atoms with Crippen LogP contribution in [-0.4, -0.2) is 90.5 Å². The van der Waals surface area contributed by atoms with E-state index in [0.717, 1.165) is 88.9 Å². The van der Waals surface area contributed by atoms with E-state index >= 15 is 0 Å². The Morgan fingerprint density at radius 2 is 1.51 bits per heavy atom. The molecule has 0 aromatic heterocycles. The lowest BCUT2D eigenvalue weighted by molar-refractivity contribution is -0.142. The number of unbranched alkanes of at least 4 members (excludes halogenated alkanes) is 1. The number of ketones is 2. The number of allylic oxidation sites excluding steroid dienone is 6. The van der Waals surface area contributed by atoms with E-state index in [1.807, 2.05) is 45.9 Å². The summed E-state index contributed by atoms with van der Waals surface area (Å²) in [5, 5.41) is 32.1. The molecule has 65 heavy (non-hydrogen) atoms. The summed E-state index contributed by atoms with van der Waals surface area (Å²) in [4.78, 5) is 50.3. The molecule has 0 spiro atoms. The summed E-state index contributed by atoms with van der Waals surface area (Å²) in [7, 11) is 4.93. The Hall–Kier alpha value is -2.76. The second-order valence-corrected chi connectivity index (χ2v) is 20.0. The van der Waals surface area contributed by atoms with Crippen LogP contribution in [0.2, 0.25) is 0 Å². The Morgan fingerprint density at radius 3 is 2.11 bits per heavy atom. The number of aliphatic hydroxyl groups is 2. The molecule has 0 aromatic rings. The van der Waals surface area contributed by atoms with Gasteiger partial charge in [0, 0.05) is 46.0 Å². The highest BCUT2D eigenvalue weighted by Gasteiger charge is 2.34. The van der Waals surface area contributed by atoms with Gasteiger partial charge < -0.3 is 34.3 Å². The van der Waals surface area contributed by atoms with Crippen molar-refractivity contribution in [2.24, 2.45) is 47.3 Å². The van der Waals surface area contributed by atoms with Crippen LogP contribution < -0.4 is 0 Å². The lowest BCUT2D eigenvalue weighted by atomic mass is 9.72. The number of Topliss-reactive ketones (excluding diaryl/α,β-unsaturated/α-hetero) is 2. The molecule has 10 heteroatoms. The predicted molar refractivity (Wildman–Crippen MR) is 264 cm³/mol. The third-order valence-corrected chi connectivity index (χ3v) is 14.6. The van der Waals surface area contributed by atoms with Crippen LogP contribution in [0.5, 0.6) is 0 Å². The lowest BCUT2D eigenvalue weighted by Crippen LogP contribution is -2.40. The zero-order chi connectivity index (χ0) is 49.1. The zero-order valence-electron chi connectivity index (χ0n) is 42.9. The van der Waals surface area contributed by atoms with E-state index < -0.39 is 35.6 Å². The minimum absolute atomic E-state index is 0.00920. The Morgan fingerprint density at radius 1 is 0.815 bits per heavy atom. The van der Waals surface area contributed by atoms with Crippen molar-refractivity contribution in [1.29, 1.82) is 0 Å². The molecular weight excluding hydrogens is 821 g/mol. The maximum absolute atomic E-state index is 13.7. The standard InChI is InChI=1S/C55H94O10/c1-13-21-46(35-43(8)54(60)61)47(36-45-25-20-26-48(37-45)63-10)28-29-49(57)40(5)34-42(7)52(59)53(65-12)51(58)41(6)33-38(3)22-16-15-17-23-39(4)50(64-11)27-19-18-24-44(9)55(62,30-14-2)31-32-56/h15-17,22-23,32,34,38,40-41,43-48,50,52-53,59,62H,13-14,18-21,24-31,33,35-37H2,1-12H3,(H,60,61)/b17-15+,22-16+,39-23+,42-34+/t38-,40-,41?,43?,44?,45?,46+,47?,48?,50+,52?,53+,55?/m1/s1. The number of carboxylic acid groups (broad SMARTS) is 1. The van der Waals surface area contributed by atoms with Gasteiger partial charge in [-0.3, -0.25) is 14.4 Å². The third kappa shape index (κ3) is 22.3. The Balaban J connectivity index is 2.84. The van der Waals surface area contributed by atoms with Crippen molar-refractivity contribution in [1.82, 2.24) is 0 Å². The minimum Gasteiger partial charge on any atom is -0.481 e. The van der Waals surface area contributed by atoms with Crippen LogP contribution in [0.4, 0.5) is 0 Å². The molecule has 0 amide bonds. The van der Waals surface area contributed by atoms with E-state index in [4.69, 9.17) is 14.2 Å². The molecule has 0 radical (unpaired) electrons. The van der Waals surface area contributed by atoms with Gasteiger partial charge in [-0.2, -0.15) is 0 Å². The number of ether oxygens (including phenoxy) is 3. The number of aliphatic hydroxyl groups excluding tert-OH is 1. The molecule has 0 aromatic carbocycles. The first-order valence-corrected chi connectivity index (χ1v) is 25.2. The molecule has 0 bridgehead atoms. The third-order valence-electron chi connectivity index (χ3n) is 14.6. The molecule has 1 saturated carbocycles. The number of methoxy groups -OCH3 is 3. The van der Waals surface area contributed by atoms with E-state index in [-0.39, 0.29) is 59.8 Å². The van der Waals surface area contributed by atoms with E-state index in [0.29, 0.717) is 43.6 Å². The lowest BCUT2D eigenvalue weighted by Gasteiger charge is -2.35. The van der Waals surface area contributed by atoms with Gasteiger partial charge in [-0.1, -0.05) is 130 Å². The Labute approximate surface area is 395 Å². The fourth-order valence-electron chi connectivity index (χ4n) is 10.3. The van der Waals surface area contributed by atoms with Gasteiger partial charge in [-0.25, -0.2) is 0 Å². The summed E-state index contributed by atoms with van der Waals surface area (Å²) in [5.41, 5.74) is 0.723. The van der Waals surface area contributed by atoms with Gasteiger partial charge in [0.25, 0.3) is 0 Å². The summed E-state index contributed by atoms with van der Waals surface area (Å²) < 4.78 is 17.1. The molecule has 0 aliphatic heterocycles. The molecular formula is C55H94O10. The molecule has 1 rings (SSSR count). The predicted octanol–water partition coefficient (Wildman–Crippen LogP) is 11.7. The highest BCUT2D eigenvalue weighted by atomic mass is 16.5. The fraction of sp³-hybridized carbons (Fsp3) is 0.782. The summed E-state index contributed by atoms with van der Waals surface area (Å²) in [6.45, 7) is 17.6. The number of hydrogen-bond acceptors (Lipinski definition) is 9. The van der Waals surface area contributed by atoms with Crippen LogP contribution in [0.1, 0.15) is 178 Å². The normalized spacial score (nSPS) is 22.1. The average Bonchev–Trinajstić information content (AvgIpc) is 3.27. The molecule has 13 atom stereocenters. The smallest absolute Gasteiger partial charge is 0.306 e. The van der Waals surface area contributed by atoms with Crippen molar-refractivity contribution in [2.75, 3.05) is 21.3 Å². The van der Waals surface area contributed by atoms with Crippen molar-refractivity contribution in [2.45, 2.75) is 208 Å². The number of rotatable bonds is 36. The first-order chi connectivity index (χ1) is 30.8. The Bertz CT molecular complexity index is 1500. The minimum atomic E-state index is -1.19. The summed E-state index contributed by atoms with van der Waals surface area (Å²) >= 11 is 0. The number of hydrogen-bond donors (Lipinski definition) is 3. The Kier molecular flexibility index (Phi) is 30.5. The second kappa shape index (κ2) is 32.9. The van der Waals surface area contributed by atoms with Crippen molar-refractivity contribution >= 4 is 23.8 Å². The van der Waals surface area contributed by atoms with Gasteiger partial charge >= 0.3 is 5.97 Å². The number of aliphatic carboxylic acids is 1. The average molecular weight is 915 g/mol. The van der Waals surface area contributed by atoms with E-state index in [1.165, 1.54) is 7.11 Å². The SMILES string of the molecule is CCC[C@@H](CC(C)C(=O)O)C(CCC(=O)[C@H](C)/C=C(\C)C(O)[C@@H](OC)C(=O)C(C)C[C@H](C)/C=C/C=C/C=C(\C)[C@H](CCCCC(C)C(O)(CC=O)CCC)OC)CC1CCCC(OC)C1. The van der Waals surface area contributed by atoms with Crippen LogP contribution in [-0.2, 0) is 33.4 Å². The molecule has 0 heterocycles. The molecule has 1 aliphatic rings. The maximum atomic E-state index is 13.7. The van der Waals surface area contributed by atoms with Crippen LogP contribution in [0.3, 0.4) is 0 Å². The van der Waals surface area contributed by atoms with Gasteiger partial charge in [0.05, 0.1) is 23.7 Å². The molecule has 3 N–H and O–H groups in total. The number of carbonyl (C=O) groups is 4. The summed E-state index contributed by atoms with van der Waals surface area (Å²) in [6.07, 6.45) is 25.4. The number of carbonyl (C=O) groups excluding carboxylic acids is 3. The largest absolute Gasteiger partial charge is 0.481 e. The fourth-order valence-corrected chi connectivity index (χ4v) is 10.3. The summed E-state index contributed by atoms with van der Waals surface area (Å²) in [5.74, 6) is -1.06. The van der Waals surface area contributed by atoms with Crippen molar-refractivity contribution < 1.29 is 48.7 Å². The maximum Gasteiger partial charge on any atom is 0.306 e. The molecule has 8 unspecified atom stereocenters. The first-order valence-electron chi connectivity index (χ1n) is 25.2. The molecule has 0 saturated heterocycles. The second-order valence-electron chi connectivity index (χ2n) is 20.0. The van der Waals surface area contributed by atoms with Crippen molar-refractivity contribution in [3.8, 4) is 0 Å². The van der Waals surface area contributed by atoms with Crippen LogP contribution in [0.15, 0.2) is 47.6 Å². The molecule has 374 valence electrons. The molecule has 1 fully saturated rings. The van der Waals surface area contributed by atoms with Gasteiger partial charge in [0.15, 0.2) is 5.78 Å². The van der Waals surface area contributed by atoms with Crippen molar-refractivity contribution in [3.05, 3.63) is 47.6 Å². The van der Waals surface area contributed by atoms with Gasteiger partial charge in [0.1, 0.15) is 24.3 Å². The summed E-state index contributed by atoms with van der Waals surface area (Å²) in [6, 6.07) is 0. The van der Waals surface area contributed by atoms with Crippen LogP contribution in [0.25, 0.3) is 0 Å². The topological polar surface area (TPSA) is 157 Å². The van der Waals surface area contributed by atoms with E-state index in [1.54, 1.807) is 34.1 Å². The molecule has 1 aliphatic carbocycles. The van der Waals surface area contributed by atoms with Crippen LogP contribution in [0, 0.1) is 47.3 Å². The van der Waals surface area contributed by atoms with E-state index in [9.17, 15) is 34.5 Å². The van der Waals surface area contributed by atoms with Crippen molar-refractivity contribution in [3.63, 3.8) is 0 Å². The van der Waals surface area contributed by atoms with Gasteiger partial charge in [-0.15, -0.1) is 0 Å². The van der Waals surface area contributed by atoms with Gasteiger partial charge in [0.2, 0.25) is 0 Å². The highest BCUT2D eigenvalue weighted by molar-refractivity contribution is 5.86. The molecule has 10 nitrogen and oxygen atoms in total. The number of aldehydes is 1. The monoisotopic (exact) mass is 915 g/mol. The number of carboxylic acids is 1. The van der Waals surface area contributed by atoms with Crippen LogP contribution >= 0.6 is 0 Å². The highest BCUT2D eigenvalue weighted by Crippen LogP contribution is 2.39. The first kappa shape index (κ1) is 60.3. The van der Waals surface area contributed by atoms with Gasteiger partial charge in [-0.05, 0) is 112 Å². The van der Waals surface area contributed by atoms with E-state index in [2.05, 4.69) is 32.9 Å². The quantitative estimate of drug-likeness (QED) is 0.0239.